The molecule has 1 saturated carbocycles. The molecule has 2 aromatic rings. The van der Waals surface area contributed by atoms with E-state index < -0.39 is 28.5 Å². The molecular formula is C25H29Cl4N3O4S. The quantitative estimate of drug-likeness (QED) is 0.362. The third-order valence-electron chi connectivity index (χ3n) is 6.36. The molecule has 2 aromatic carbocycles. The number of benzene rings is 2. The van der Waals surface area contributed by atoms with Crippen molar-refractivity contribution in [2.24, 2.45) is 0 Å². The van der Waals surface area contributed by atoms with Gasteiger partial charge in [-0.1, -0.05) is 78.3 Å². The van der Waals surface area contributed by atoms with Crippen LogP contribution in [0.2, 0.25) is 20.1 Å². The summed E-state index contributed by atoms with van der Waals surface area (Å²) in [5.74, 6) is -0.927. The predicted molar refractivity (Wildman–Crippen MR) is 150 cm³/mol. The number of hydrogen-bond donors (Lipinski definition) is 1. The molecule has 0 saturated heterocycles. The highest BCUT2D eigenvalue weighted by atomic mass is 35.5. The SMILES string of the molecule is CC[C@H](C(=O)NC1CCCC1)N(Cc1c(Cl)cccc1Cl)C(=O)CN(c1cccc(Cl)c1Cl)S(C)(=O)=O. The van der Waals surface area contributed by atoms with Crippen molar-refractivity contribution in [1.82, 2.24) is 10.2 Å². The van der Waals surface area contributed by atoms with E-state index in [1.165, 1.54) is 23.1 Å². The fraction of sp³-hybridized carbons (Fsp3) is 0.440. The van der Waals surface area contributed by atoms with E-state index in [1.807, 2.05) is 0 Å². The molecule has 7 nitrogen and oxygen atoms in total. The van der Waals surface area contributed by atoms with Crippen molar-refractivity contribution >= 4 is 73.9 Å². The van der Waals surface area contributed by atoms with Crippen molar-refractivity contribution in [2.75, 3.05) is 17.1 Å². The number of nitrogens with one attached hydrogen (secondary N) is 1. The molecule has 1 atom stereocenters. The van der Waals surface area contributed by atoms with Gasteiger partial charge in [0, 0.05) is 28.2 Å². The number of rotatable bonds is 10. The molecule has 1 fully saturated rings. The van der Waals surface area contributed by atoms with E-state index in [-0.39, 0.29) is 34.2 Å². The fourth-order valence-corrected chi connectivity index (χ4v) is 6.24. The zero-order valence-electron chi connectivity index (χ0n) is 20.5. The molecule has 0 unspecified atom stereocenters. The van der Waals surface area contributed by atoms with Gasteiger partial charge < -0.3 is 10.2 Å². The van der Waals surface area contributed by atoms with Crippen LogP contribution in [0.25, 0.3) is 0 Å². The van der Waals surface area contributed by atoms with Crippen LogP contribution in [0.4, 0.5) is 5.69 Å². The highest BCUT2D eigenvalue weighted by Crippen LogP contribution is 2.34. The number of carbonyl (C=O) groups excluding carboxylic acids is 2. The van der Waals surface area contributed by atoms with Crippen molar-refractivity contribution in [1.29, 1.82) is 0 Å². The van der Waals surface area contributed by atoms with Gasteiger partial charge in [-0.05, 0) is 43.5 Å². The van der Waals surface area contributed by atoms with E-state index in [9.17, 15) is 18.0 Å². The van der Waals surface area contributed by atoms with Crippen LogP contribution in [-0.2, 0) is 26.2 Å². The molecule has 0 radical (unpaired) electrons. The summed E-state index contributed by atoms with van der Waals surface area (Å²) in [7, 11) is -3.96. The molecular weight excluding hydrogens is 580 g/mol. The van der Waals surface area contributed by atoms with Crippen molar-refractivity contribution in [3.63, 3.8) is 0 Å². The van der Waals surface area contributed by atoms with Crippen LogP contribution in [-0.4, -0.2) is 50.0 Å². The Morgan fingerprint density at radius 3 is 2.14 bits per heavy atom. The minimum Gasteiger partial charge on any atom is -0.352 e. The summed E-state index contributed by atoms with van der Waals surface area (Å²) in [5, 5.41) is 3.83. The lowest BCUT2D eigenvalue weighted by Crippen LogP contribution is -2.53. The number of halogens is 4. The zero-order chi connectivity index (χ0) is 27.3. The highest BCUT2D eigenvalue weighted by Gasteiger charge is 2.34. The van der Waals surface area contributed by atoms with E-state index in [0.29, 0.717) is 22.0 Å². The summed E-state index contributed by atoms with van der Waals surface area (Å²) in [6, 6.07) is 8.63. The van der Waals surface area contributed by atoms with Crippen molar-refractivity contribution in [3.05, 3.63) is 62.1 Å². The first kappa shape index (κ1) is 29.8. The molecule has 0 aliphatic heterocycles. The van der Waals surface area contributed by atoms with Crippen molar-refractivity contribution in [2.45, 2.75) is 57.7 Å². The first-order valence-electron chi connectivity index (χ1n) is 11.9. The minimum atomic E-state index is -3.96. The molecule has 12 heteroatoms. The maximum atomic E-state index is 13.8. The maximum absolute atomic E-state index is 13.8. The third kappa shape index (κ3) is 7.45. The summed E-state index contributed by atoms with van der Waals surface area (Å²) in [6.07, 6.45) is 5.08. The smallest absolute Gasteiger partial charge is 0.244 e. The van der Waals surface area contributed by atoms with Crippen LogP contribution in [0.1, 0.15) is 44.6 Å². The van der Waals surface area contributed by atoms with E-state index >= 15 is 0 Å². The van der Waals surface area contributed by atoms with E-state index in [2.05, 4.69) is 5.32 Å². The number of anilines is 1. The molecule has 3 rings (SSSR count). The highest BCUT2D eigenvalue weighted by molar-refractivity contribution is 7.92. The molecule has 202 valence electrons. The standard InChI is InChI=1S/C25H29Cl4N3O4S/c1-3-21(25(34)30-16-8-4-5-9-16)31(14-17-18(26)10-6-11-19(17)27)23(33)15-32(37(2,35)36)22-13-7-12-20(28)24(22)29/h6-7,10-13,16,21H,3-5,8-9,14-15H2,1-2H3,(H,30,34)/t21-/m1/s1. The second-order valence-electron chi connectivity index (χ2n) is 8.98. The lowest BCUT2D eigenvalue weighted by Gasteiger charge is -2.34. The maximum Gasteiger partial charge on any atom is 0.244 e. The van der Waals surface area contributed by atoms with Crippen LogP contribution in [0.5, 0.6) is 0 Å². The van der Waals surface area contributed by atoms with Crippen LogP contribution in [0.3, 0.4) is 0 Å². The molecule has 0 heterocycles. The van der Waals surface area contributed by atoms with E-state index in [4.69, 9.17) is 46.4 Å². The summed E-state index contributed by atoms with van der Waals surface area (Å²) in [4.78, 5) is 28.5. The number of carbonyl (C=O) groups is 2. The van der Waals surface area contributed by atoms with Gasteiger partial charge in [-0.2, -0.15) is 0 Å². The number of sulfonamides is 1. The molecule has 1 N–H and O–H groups in total. The van der Waals surface area contributed by atoms with Gasteiger partial charge in [0.1, 0.15) is 12.6 Å². The zero-order valence-corrected chi connectivity index (χ0v) is 24.4. The lowest BCUT2D eigenvalue weighted by molar-refractivity contribution is -0.140. The largest absolute Gasteiger partial charge is 0.352 e. The van der Waals surface area contributed by atoms with E-state index in [0.717, 1.165) is 36.2 Å². The van der Waals surface area contributed by atoms with Gasteiger partial charge >= 0.3 is 0 Å². The second kappa shape index (κ2) is 12.9. The van der Waals surface area contributed by atoms with Crippen LogP contribution < -0.4 is 9.62 Å². The number of hydrogen-bond acceptors (Lipinski definition) is 4. The van der Waals surface area contributed by atoms with Gasteiger partial charge in [-0.15, -0.1) is 0 Å². The molecule has 0 spiro atoms. The normalized spacial score (nSPS) is 14.9. The topological polar surface area (TPSA) is 86.8 Å². The van der Waals surface area contributed by atoms with Gasteiger partial charge in [-0.3, -0.25) is 13.9 Å². The summed E-state index contributed by atoms with van der Waals surface area (Å²) in [6.45, 7) is 1.10. The Hall–Kier alpha value is -1.71. The Morgan fingerprint density at radius 1 is 1.00 bits per heavy atom. The van der Waals surface area contributed by atoms with Crippen LogP contribution >= 0.6 is 46.4 Å². The van der Waals surface area contributed by atoms with Gasteiger partial charge in [0.05, 0.1) is 22.0 Å². The Labute approximate surface area is 238 Å². The number of nitrogens with zero attached hydrogens (tertiary/aromatic N) is 2. The minimum absolute atomic E-state index is 0.00546. The van der Waals surface area contributed by atoms with Crippen LogP contribution in [0, 0.1) is 0 Å². The molecule has 0 bridgehead atoms. The number of amides is 2. The average molecular weight is 609 g/mol. The van der Waals surface area contributed by atoms with Gasteiger partial charge in [-0.25, -0.2) is 8.42 Å². The lowest BCUT2D eigenvalue weighted by atomic mass is 10.1. The van der Waals surface area contributed by atoms with E-state index in [1.54, 1.807) is 25.1 Å². The molecule has 2 amide bonds. The predicted octanol–water partition coefficient (Wildman–Crippen LogP) is 5.93. The summed E-state index contributed by atoms with van der Waals surface area (Å²) in [5.41, 5.74) is 0.516. The monoisotopic (exact) mass is 607 g/mol. The molecule has 1 aliphatic carbocycles. The van der Waals surface area contributed by atoms with Crippen molar-refractivity contribution < 1.29 is 18.0 Å². The van der Waals surface area contributed by atoms with Crippen LogP contribution in [0.15, 0.2) is 36.4 Å². The van der Waals surface area contributed by atoms with Gasteiger partial charge in [0.25, 0.3) is 0 Å². The van der Waals surface area contributed by atoms with Gasteiger partial charge in [0.2, 0.25) is 21.8 Å². The first-order valence-corrected chi connectivity index (χ1v) is 15.2. The first-order chi connectivity index (χ1) is 17.4. The molecule has 1 aliphatic rings. The Bertz CT molecular complexity index is 1230. The van der Waals surface area contributed by atoms with Gasteiger partial charge in [0.15, 0.2) is 0 Å². The van der Waals surface area contributed by atoms with Crippen molar-refractivity contribution in [3.8, 4) is 0 Å². The Kier molecular flexibility index (Phi) is 10.4. The third-order valence-corrected chi connectivity index (χ3v) is 9.00. The molecule has 37 heavy (non-hydrogen) atoms. The fourth-order valence-electron chi connectivity index (χ4n) is 4.42. The Balaban J connectivity index is 2.00. The summed E-state index contributed by atoms with van der Waals surface area (Å²) >= 11 is 25.2. The molecule has 0 aromatic heterocycles. The summed E-state index contributed by atoms with van der Waals surface area (Å²) < 4.78 is 26.4. The average Bonchev–Trinajstić information content (AvgIpc) is 3.33. The Morgan fingerprint density at radius 2 is 1.57 bits per heavy atom. The second-order valence-corrected chi connectivity index (χ2v) is 12.5.